The van der Waals surface area contributed by atoms with Crippen molar-refractivity contribution >= 4 is 17.9 Å². The Labute approximate surface area is 361 Å². The molecule has 4 aliphatic carbocycles. The van der Waals surface area contributed by atoms with Crippen molar-refractivity contribution in [1.29, 1.82) is 0 Å². The van der Waals surface area contributed by atoms with E-state index >= 15 is 0 Å². The van der Waals surface area contributed by atoms with Crippen LogP contribution in [0, 0.1) is 45.3 Å². The summed E-state index contributed by atoms with van der Waals surface area (Å²) in [5, 5.41) is 95.8. The van der Waals surface area contributed by atoms with Gasteiger partial charge in [-0.25, -0.2) is 0 Å². The highest BCUT2D eigenvalue weighted by Gasteiger charge is 2.69. The third-order valence-corrected chi connectivity index (χ3v) is 17.1. The lowest BCUT2D eigenvalue weighted by Gasteiger charge is -2.64. The molecule has 0 aromatic rings. The molecule has 0 bridgehead atoms. The number of allylic oxidation sites excluding steroid dienone is 2. The Hall–Kier alpha value is -2.33. The number of esters is 3. The van der Waals surface area contributed by atoms with Gasteiger partial charge in [0.2, 0.25) is 6.29 Å². The molecule has 3 saturated carbocycles. The molecule has 0 aromatic heterocycles. The molecule has 3 aliphatic heterocycles. The van der Waals surface area contributed by atoms with E-state index < -0.39 is 133 Å². The second-order valence-corrected chi connectivity index (χ2v) is 20.7. The summed E-state index contributed by atoms with van der Waals surface area (Å²) in [7, 11) is 0. The number of ether oxygens (including phenoxy) is 6. The first-order valence-corrected chi connectivity index (χ1v) is 22.2. The molecule has 7 aliphatic rings. The molecule has 3 heterocycles. The van der Waals surface area contributed by atoms with Gasteiger partial charge in [0.05, 0.1) is 36.3 Å². The number of hydrogen-bond acceptors (Lipinski definition) is 18. The maximum atomic E-state index is 14.7. The fourth-order valence-electron chi connectivity index (χ4n) is 13.2. The SMILES string of the molecule is CC(=O)O[C@H]1[C@H](OC(=O)[C@@]2(C)[C@H](O)CC[C@@]3(C)[C@H]2CC=C2[C@@H]3CC[C@@]3(C)[C@H]([C@@H]4CC([C@H](O)C(C)(C)O)OC4=O)CC[C@]23C)O[C@H](CO)[C@@H](O[C@@H]2O[C@H](CO)[C@@H](O)[C@H](O)[C@H]2O)[C@@H]1O. The molecule has 18 heteroatoms. The van der Waals surface area contributed by atoms with E-state index in [1.165, 1.54) is 19.4 Å². The molecule has 0 amide bonds. The van der Waals surface area contributed by atoms with Gasteiger partial charge in [0, 0.05) is 13.3 Å². The summed E-state index contributed by atoms with van der Waals surface area (Å²) in [4.78, 5) is 40.5. The van der Waals surface area contributed by atoms with Gasteiger partial charge in [0.15, 0.2) is 12.4 Å². The molecule has 0 aromatic carbocycles. The minimum Gasteiger partial charge on any atom is -0.459 e. The van der Waals surface area contributed by atoms with Gasteiger partial charge >= 0.3 is 17.9 Å². The smallest absolute Gasteiger partial charge is 0.317 e. The number of aliphatic hydroxyl groups is 9. The molecule has 0 radical (unpaired) electrons. The Kier molecular flexibility index (Phi) is 12.9. The highest BCUT2D eigenvalue weighted by Crippen LogP contribution is 2.74. The van der Waals surface area contributed by atoms with Crippen LogP contribution >= 0.6 is 0 Å². The first-order chi connectivity index (χ1) is 28.9. The molecule has 6 fully saturated rings. The maximum Gasteiger partial charge on any atom is 0.317 e. The lowest BCUT2D eigenvalue weighted by molar-refractivity contribution is -0.357. The third kappa shape index (κ3) is 7.45. The Balaban J connectivity index is 1.12. The molecule has 1 unspecified atom stereocenters. The highest BCUT2D eigenvalue weighted by atomic mass is 16.8. The van der Waals surface area contributed by atoms with E-state index in [1.807, 2.05) is 0 Å². The van der Waals surface area contributed by atoms with E-state index in [-0.39, 0.29) is 35.1 Å². The number of fused-ring (bicyclic) bond motifs is 5. The monoisotopic (exact) mass is 884 g/mol. The molecule has 0 spiro atoms. The average Bonchev–Trinajstić information content (AvgIpc) is 3.72. The van der Waals surface area contributed by atoms with Crippen LogP contribution in [0.25, 0.3) is 0 Å². The van der Waals surface area contributed by atoms with Crippen LogP contribution in [-0.2, 0) is 42.8 Å². The van der Waals surface area contributed by atoms with Gasteiger partial charge < -0.3 is 74.4 Å². The molecule has 9 N–H and O–H groups in total. The lowest BCUT2D eigenvalue weighted by Crippen LogP contribution is -2.66. The van der Waals surface area contributed by atoms with Crippen molar-refractivity contribution in [2.75, 3.05) is 13.2 Å². The third-order valence-electron chi connectivity index (χ3n) is 17.1. The zero-order valence-corrected chi connectivity index (χ0v) is 36.7. The molecule has 18 nitrogen and oxygen atoms in total. The van der Waals surface area contributed by atoms with E-state index in [0.29, 0.717) is 19.3 Å². The van der Waals surface area contributed by atoms with Gasteiger partial charge in [-0.2, -0.15) is 0 Å². The summed E-state index contributed by atoms with van der Waals surface area (Å²) in [6.07, 6.45) is -13.2. The molecule has 21 atom stereocenters. The Bertz CT molecular complexity index is 1730. The number of carbonyl (C=O) groups is 3. The van der Waals surface area contributed by atoms with Gasteiger partial charge in [-0.1, -0.05) is 32.4 Å². The minimum absolute atomic E-state index is 0.0132. The number of carbonyl (C=O) groups excluding carboxylic acids is 3. The number of aliphatic hydroxyl groups excluding tert-OH is 8. The lowest BCUT2D eigenvalue weighted by atomic mass is 9.40. The van der Waals surface area contributed by atoms with E-state index in [1.54, 1.807) is 6.92 Å². The van der Waals surface area contributed by atoms with Crippen LogP contribution in [0.1, 0.15) is 99.8 Å². The van der Waals surface area contributed by atoms with Crippen molar-refractivity contribution in [3.63, 3.8) is 0 Å². The van der Waals surface area contributed by atoms with Crippen molar-refractivity contribution in [3.05, 3.63) is 11.6 Å². The van der Waals surface area contributed by atoms with Gasteiger partial charge in [-0.3, -0.25) is 14.4 Å². The van der Waals surface area contributed by atoms with Crippen LogP contribution in [0.5, 0.6) is 0 Å². The van der Waals surface area contributed by atoms with Gasteiger partial charge in [-0.15, -0.1) is 0 Å². The van der Waals surface area contributed by atoms with Crippen molar-refractivity contribution in [3.8, 4) is 0 Å². The summed E-state index contributed by atoms with van der Waals surface area (Å²) in [6.45, 7) is 10.8. The summed E-state index contributed by atoms with van der Waals surface area (Å²) in [5.41, 5.74) is -2.75. The first-order valence-electron chi connectivity index (χ1n) is 22.2. The van der Waals surface area contributed by atoms with Crippen LogP contribution in [0.2, 0.25) is 0 Å². The van der Waals surface area contributed by atoms with Crippen LogP contribution in [-0.4, -0.2) is 162 Å². The zero-order valence-electron chi connectivity index (χ0n) is 36.7. The molecule has 62 heavy (non-hydrogen) atoms. The minimum atomic E-state index is -1.87. The number of hydrogen-bond donors (Lipinski definition) is 9. The Morgan fingerprint density at radius 3 is 2.15 bits per heavy atom. The molecular formula is C44H68O18. The van der Waals surface area contributed by atoms with Crippen LogP contribution in [0.3, 0.4) is 0 Å². The van der Waals surface area contributed by atoms with Crippen molar-refractivity contribution in [1.82, 2.24) is 0 Å². The molecular weight excluding hydrogens is 816 g/mol. The highest BCUT2D eigenvalue weighted by molar-refractivity contribution is 5.78. The predicted molar refractivity (Wildman–Crippen MR) is 212 cm³/mol. The fourth-order valence-corrected chi connectivity index (χ4v) is 13.2. The number of cyclic esters (lactones) is 1. The summed E-state index contributed by atoms with van der Waals surface area (Å²) < 4.78 is 34.3. The second kappa shape index (κ2) is 16.8. The van der Waals surface area contributed by atoms with Crippen molar-refractivity contribution < 1.29 is 88.8 Å². The normalized spacial score (nSPS) is 49.7. The topological polar surface area (TPSA) is 289 Å². The largest absolute Gasteiger partial charge is 0.459 e. The first kappa shape index (κ1) is 47.6. The van der Waals surface area contributed by atoms with E-state index in [9.17, 15) is 60.3 Å². The second-order valence-electron chi connectivity index (χ2n) is 20.7. The van der Waals surface area contributed by atoms with Gasteiger partial charge in [0.1, 0.15) is 54.9 Å². The molecule has 7 rings (SSSR count). The zero-order chi connectivity index (χ0) is 45.6. The Morgan fingerprint density at radius 1 is 0.855 bits per heavy atom. The summed E-state index contributed by atoms with van der Waals surface area (Å²) >= 11 is 0. The fraction of sp³-hybridized carbons (Fsp3) is 0.886. The van der Waals surface area contributed by atoms with Crippen LogP contribution in [0.15, 0.2) is 11.6 Å². The Morgan fingerprint density at radius 2 is 1.52 bits per heavy atom. The summed E-state index contributed by atoms with van der Waals surface area (Å²) in [6, 6.07) is 0. The van der Waals surface area contributed by atoms with Crippen LogP contribution < -0.4 is 0 Å². The van der Waals surface area contributed by atoms with E-state index in [2.05, 4.69) is 26.8 Å². The van der Waals surface area contributed by atoms with Crippen molar-refractivity contribution in [2.24, 2.45) is 45.3 Å². The standard InChI is InChI=1S/C44H68O18/c1-19(47)57-34-32(52)33(61-37-31(51)30(50)29(49)25(17-45)59-37)26(18-46)60-38(34)62-39(55)44(7)27-9-8-23-22(41(27,4)13-12-28(44)48)11-15-42(5)21(10-14-43(23,42)6)20-16-24(58-36(20)54)35(53)40(2,3)56/h8,20-22,24-35,37-38,45-46,48-53,56H,9-18H2,1-7H3/t20-,21-,22-,24?,25+,26+,27+,28+,29+,30-,31+,32-,33+,34+,35-,37-,38-,41+,42-,43+,44+/m0/s1. The quantitative estimate of drug-likeness (QED) is 0.0776. The van der Waals surface area contributed by atoms with E-state index in [4.69, 9.17) is 28.4 Å². The molecule has 3 saturated heterocycles. The van der Waals surface area contributed by atoms with Gasteiger partial charge in [-0.05, 0) is 99.7 Å². The predicted octanol–water partition coefficient (Wildman–Crippen LogP) is -0.266. The molecule has 352 valence electrons. The number of rotatable bonds is 10. The maximum absolute atomic E-state index is 14.7. The average molecular weight is 885 g/mol. The van der Waals surface area contributed by atoms with Crippen LogP contribution in [0.4, 0.5) is 0 Å². The van der Waals surface area contributed by atoms with Crippen molar-refractivity contribution in [2.45, 2.75) is 185 Å². The van der Waals surface area contributed by atoms with E-state index in [0.717, 1.165) is 32.6 Å². The summed E-state index contributed by atoms with van der Waals surface area (Å²) in [5.74, 6) is -2.95. The van der Waals surface area contributed by atoms with Gasteiger partial charge in [0.25, 0.3) is 0 Å².